The number of nitrogens with one attached hydrogen (secondary N) is 1. The van der Waals surface area contributed by atoms with E-state index in [1.54, 1.807) is 0 Å². The molecule has 0 aliphatic heterocycles. The number of nitrogens with zero attached hydrogens (tertiary/aromatic N) is 1. The lowest BCUT2D eigenvalue weighted by molar-refractivity contribution is 0.0371. The molecule has 1 amide bonds. The molecule has 7 heteroatoms. The molecule has 1 heterocycles. The molecule has 84 valence electrons. The minimum Gasteiger partial charge on any atom is -0.394 e. The number of aliphatic hydroxyl groups excluding tert-OH is 3. The third-order valence-electron chi connectivity index (χ3n) is 1.96. The average Bonchev–Trinajstić information content (AvgIpc) is 2.79. The number of amides is 1. The van der Waals surface area contributed by atoms with Gasteiger partial charge in [-0.2, -0.15) is 0 Å². The molecule has 0 aliphatic rings. The van der Waals surface area contributed by atoms with Gasteiger partial charge >= 0.3 is 0 Å². The molecule has 7 nitrogen and oxygen atoms in total. The highest BCUT2D eigenvalue weighted by Gasteiger charge is 2.30. The van der Waals surface area contributed by atoms with Gasteiger partial charge in [-0.05, 0) is 0 Å². The Kier molecular flexibility index (Phi) is 3.78. The van der Waals surface area contributed by atoms with Gasteiger partial charge in [0, 0.05) is 6.07 Å². The predicted molar refractivity (Wildman–Crippen MR) is 48.0 cm³/mol. The van der Waals surface area contributed by atoms with Gasteiger partial charge in [0.25, 0.3) is 5.91 Å². The number of hydrogen-bond acceptors (Lipinski definition) is 6. The summed E-state index contributed by atoms with van der Waals surface area (Å²) in [5, 5.41) is 32.5. The fourth-order valence-corrected chi connectivity index (χ4v) is 0.903. The number of carbonyl (C=O) groups excluding carboxylic acids is 1. The van der Waals surface area contributed by atoms with Crippen LogP contribution in [0, 0.1) is 0 Å². The fourth-order valence-electron chi connectivity index (χ4n) is 0.903. The standard InChI is InChI=1S/C8H12N2O5/c11-3-8(4-12,5-13)9-7(14)6-1-2-15-10-6/h1-2,11-13H,3-5H2,(H,9,14). The van der Waals surface area contributed by atoms with Crippen LogP contribution in [0.5, 0.6) is 0 Å². The minimum atomic E-state index is -1.45. The van der Waals surface area contributed by atoms with Crippen molar-refractivity contribution in [2.45, 2.75) is 5.54 Å². The summed E-state index contributed by atoms with van der Waals surface area (Å²) in [5.74, 6) is -0.638. The second-order valence-electron chi connectivity index (χ2n) is 3.09. The zero-order valence-corrected chi connectivity index (χ0v) is 7.88. The van der Waals surface area contributed by atoms with Gasteiger partial charge in [0.15, 0.2) is 5.69 Å². The molecule has 0 unspecified atom stereocenters. The Balaban J connectivity index is 2.71. The maximum absolute atomic E-state index is 11.4. The van der Waals surface area contributed by atoms with Crippen molar-refractivity contribution in [2.75, 3.05) is 19.8 Å². The van der Waals surface area contributed by atoms with Crippen molar-refractivity contribution < 1.29 is 24.6 Å². The van der Waals surface area contributed by atoms with Crippen molar-refractivity contribution in [3.63, 3.8) is 0 Å². The molecule has 0 spiro atoms. The fraction of sp³-hybridized carbons (Fsp3) is 0.500. The topological polar surface area (TPSA) is 116 Å². The predicted octanol–water partition coefficient (Wildman–Crippen LogP) is -1.88. The molecule has 0 fully saturated rings. The molecular formula is C8H12N2O5. The lowest BCUT2D eigenvalue weighted by Gasteiger charge is -2.27. The zero-order chi connectivity index (χ0) is 11.3. The van der Waals surface area contributed by atoms with Crippen molar-refractivity contribution >= 4 is 5.91 Å². The SMILES string of the molecule is O=C(NC(CO)(CO)CO)c1ccon1. The van der Waals surface area contributed by atoms with Crippen LogP contribution >= 0.6 is 0 Å². The first-order valence-electron chi connectivity index (χ1n) is 4.23. The molecule has 0 aromatic carbocycles. The summed E-state index contributed by atoms with van der Waals surface area (Å²) in [4.78, 5) is 11.4. The Morgan fingerprint density at radius 1 is 1.40 bits per heavy atom. The highest BCUT2D eigenvalue weighted by atomic mass is 16.5. The first kappa shape index (κ1) is 11.6. The van der Waals surface area contributed by atoms with Crippen molar-refractivity contribution in [3.05, 3.63) is 18.0 Å². The largest absolute Gasteiger partial charge is 0.394 e. The van der Waals surface area contributed by atoms with Crippen LogP contribution in [0.25, 0.3) is 0 Å². The summed E-state index contributed by atoms with van der Waals surface area (Å²) in [7, 11) is 0. The molecule has 0 radical (unpaired) electrons. The summed E-state index contributed by atoms with van der Waals surface area (Å²) in [6, 6.07) is 1.33. The van der Waals surface area contributed by atoms with Crippen LogP contribution in [0.1, 0.15) is 10.5 Å². The van der Waals surface area contributed by atoms with Crippen LogP contribution in [-0.4, -0.2) is 51.7 Å². The second kappa shape index (κ2) is 4.87. The Morgan fingerprint density at radius 3 is 2.40 bits per heavy atom. The van der Waals surface area contributed by atoms with E-state index in [0.29, 0.717) is 0 Å². The molecule has 1 rings (SSSR count). The van der Waals surface area contributed by atoms with E-state index in [0.717, 1.165) is 0 Å². The molecule has 4 N–H and O–H groups in total. The zero-order valence-electron chi connectivity index (χ0n) is 7.88. The van der Waals surface area contributed by atoms with E-state index >= 15 is 0 Å². The summed E-state index contributed by atoms with van der Waals surface area (Å²) in [5.41, 5.74) is -1.44. The normalized spacial score (nSPS) is 11.4. The van der Waals surface area contributed by atoms with Gasteiger partial charge in [0.2, 0.25) is 0 Å². The number of aliphatic hydroxyl groups is 3. The van der Waals surface area contributed by atoms with E-state index in [2.05, 4.69) is 15.0 Å². The maximum Gasteiger partial charge on any atom is 0.274 e. The molecular weight excluding hydrogens is 204 g/mol. The van der Waals surface area contributed by atoms with Crippen molar-refractivity contribution in [1.82, 2.24) is 10.5 Å². The van der Waals surface area contributed by atoms with Crippen molar-refractivity contribution in [3.8, 4) is 0 Å². The van der Waals surface area contributed by atoms with Crippen molar-refractivity contribution in [2.24, 2.45) is 0 Å². The van der Waals surface area contributed by atoms with E-state index in [-0.39, 0.29) is 5.69 Å². The van der Waals surface area contributed by atoms with Crippen LogP contribution in [-0.2, 0) is 0 Å². The van der Waals surface area contributed by atoms with Gasteiger partial charge in [0.1, 0.15) is 11.8 Å². The number of hydrogen-bond donors (Lipinski definition) is 4. The van der Waals surface area contributed by atoms with Gasteiger partial charge < -0.3 is 25.2 Å². The molecule has 0 aliphatic carbocycles. The first-order chi connectivity index (χ1) is 7.17. The van der Waals surface area contributed by atoms with Crippen LogP contribution in [0.3, 0.4) is 0 Å². The summed E-state index contributed by atoms with van der Waals surface area (Å²) in [6.07, 6.45) is 1.22. The van der Waals surface area contributed by atoms with E-state index in [1.165, 1.54) is 12.3 Å². The molecule has 0 bridgehead atoms. The Hall–Kier alpha value is -1.44. The van der Waals surface area contributed by atoms with Gasteiger partial charge in [-0.1, -0.05) is 5.16 Å². The number of carbonyl (C=O) groups is 1. The van der Waals surface area contributed by atoms with Crippen LogP contribution in [0.4, 0.5) is 0 Å². The van der Waals surface area contributed by atoms with Gasteiger partial charge in [-0.25, -0.2) is 0 Å². The lowest BCUT2D eigenvalue weighted by atomic mass is 10.0. The molecule has 0 atom stereocenters. The molecule has 1 aromatic rings. The number of rotatable bonds is 5. The van der Waals surface area contributed by atoms with Crippen LogP contribution in [0.2, 0.25) is 0 Å². The highest BCUT2D eigenvalue weighted by molar-refractivity contribution is 5.92. The Bertz CT molecular complexity index is 299. The molecule has 0 saturated carbocycles. The molecule has 15 heavy (non-hydrogen) atoms. The smallest absolute Gasteiger partial charge is 0.274 e. The minimum absolute atomic E-state index is 0.00900. The summed E-state index contributed by atoms with van der Waals surface area (Å²) < 4.78 is 4.45. The highest BCUT2D eigenvalue weighted by Crippen LogP contribution is 2.04. The monoisotopic (exact) mass is 216 g/mol. The van der Waals surface area contributed by atoms with E-state index in [9.17, 15) is 4.79 Å². The lowest BCUT2D eigenvalue weighted by Crippen LogP contribution is -2.57. The maximum atomic E-state index is 11.4. The van der Waals surface area contributed by atoms with Crippen LogP contribution in [0.15, 0.2) is 16.9 Å². The second-order valence-corrected chi connectivity index (χ2v) is 3.09. The molecule has 0 saturated heterocycles. The van der Waals surface area contributed by atoms with Gasteiger partial charge in [0.05, 0.1) is 19.8 Å². The Morgan fingerprint density at radius 2 is 2.00 bits per heavy atom. The quantitative estimate of drug-likeness (QED) is 0.458. The van der Waals surface area contributed by atoms with Crippen LogP contribution < -0.4 is 5.32 Å². The van der Waals surface area contributed by atoms with E-state index < -0.39 is 31.3 Å². The molecule has 1 aromatic heterocycles. The third-order valence-corrected chi connectivity index (χ3v) is 1.96. The number of aromatic nitrogens is 1. The first-order valence-corrected chi connectivity index (χ1v) is 4.23. The summed E-state index contributed by atoms with van der Waals surface area (Å²) in [6.45, 7) is -1.74. The third kappa shape index (κ3) is 2.52. The van der Waals surface area contributed by atoms with Crippen molar-refractivity contribution in [1.29, 1.82) is 0 Å². The van der Waals surface area contributed by atoms with Gasteiger partial charge in [-0.3, -0.25) is 4.79 Å². The van der Waals surface area contributed by atoms with E-state index in [4.69, 9.17) is 15.3 Å². The van der Waals surface area contributed by atoms with Gasteiger partial charge in [-0.15, -0.1) is 0 Å². The average molecular weight is 216 g/mol. The van der Waals surface area contributed by atoms with E-state index in [1.807, 2.05) is 0 Å². The Labute approximate surface area is 85.3 Å². The summed E-state index contributed by atoms with van der Waals surface area (Å²) >= 11 is 0.